The molecular formula is C14H13N5S. The predicted octanol–water partition coefficient (Wildman–Crippen LogP) is 3.23. The molecule has 3 aromatic rings. The number of nitrogens with two attached hydrogens (primary N) is 1. The highest BCUT2D eigenvalue weighted by Crippen LogP contribution is 2.28. The fourth-order valence-electron chi connectivity index (χ4n) is 1.83. The third-order valence-electron chi connectivity index (χ3n) is 2.79. The molecule has 0 amide bonds. The zero-order valence-corrected chi connectivity index (χ0v) is 11.4. The van der Waals surface area contributed by atoms with E-state index < -0.39 is 0 Å². The van der Waals surface area contributed by atoms with E-state index in [-0.39, 0.29) is 0 Å². The summed E-state index contributed by atoms with van der Waals surface area (Å²) in [6.45, 7) is 0. The SMILES string of the molecule is NNc1nc(Nc2ccccc2)ncc1-c1ccsc1. The molecule has 0 aliphatic heterocycles. The third kappa shape index (κ3) is 2.61. The first-order valence-corrected chi connectivity index (χ1v) is 6.99. The maximum Gasteiger partial charge on any atom is 0.229 e. The lowest BCUT2D eigenvalue weighted by molar-refractivity contribution is 1.14. The summed E-state index contributed by atoms with van der Waals surface area (Å²) in [6, 6.07) is 11.8. The smallest absolute Gasteiger partial charge is 0.229 e. The standard InChI is InChI=1S/C14H13N5S/c15-19-13-12(10-6-7-20-9-10)8-16-14(18-13)17-11-4-2-1-3-5-11/h1-9H,15H2,(H2,16,17,18,19). The molecule has 1 aromatic carbocycles. The van der Waals surface area contributed by atoms with Crippen LogP contribution in [0.1, 0.15) is 0 Å². The molecule has 0 aliphatic rings. The molecule has 6 heteroatoms. The summed E-state index contributed by atoms with van der Waals surface area (Å²) < 4.78 is 0. The quantitative estimate of drug-likeness (QED) is 0.506. The van der Waals surface area contributed by atoms with Crippen molar-refractivity contribution in [2.75, 3.05) is 10.7 Å². The summed E-state index contributed by atoms with van der Waals surface area (Å²) in [4.78, 5) is 8.71. The largest absolute Gasteiger partial charge is 0.324 e. The number of rotatable bonds is 4. The van der Waals surface area contributed by atoms with Gasteiger partial charge in [-0.1, -0.05) is 18.2 Å². The monoisotopic (exact) mass is 283 g/mol. The number of nitrogen functional groups attached to an aromatic ring is 1. The molecule has 0 aliphatic carbocycles. The second kappa shape index (κ2) is 5.68. The van der Waals surface area contributed by atoms with Crippen molar-refractivity contribution in [3.8, 4) is 11.1 Å². The lowest BCUT2D eigenvalue weighted by Crippen LogP contribution is -2.11. The first-order chi connectivity index (χ1) is 9.86. The molecule has 0 radical (unpaired) electrons. The number of hydrogen-bond acceptors (Lipinski definition) is 6. The van der Waals surface area contributed by atoms with E-state index in [1.165, 1.54) is 0 Å². The lowest BCUT2D eigenvalue weighted by atomic mass is 10.2. The topological polar surface area (TPSA) is 75.9 Å². The van der Waals surface area contributed by atoms with E-state index in [0.717, 1.165) is 16.8 Å². The minimum Gasteiger partial charge on any atom is -0.324 e. The van der Waals surface area contributed by atoms with Crippen LogP contribution in [0.5, 0.6) is 0 Å². The van der Waals surface area contributed by atoms with E-state index in [2.05, 4.69) is 20.7 Å². The fraction of sp³-hybridized carbons (Fsp3) is 0. The Kier molecular flexibility index (Phi) is 3.58. The van der Waals surface area contributed by atoms with Gasteiger partial charge in [0.1, 0.15) is 0 Å². The third-order valence-corrected chi connectivity index (χ3v) is 3.47. The van der Waals surface area contributed by atoms with Crippen molar-refractivity contribution in [1.82, 2.24) is 9.97 Å². The van der Waals surface area contributed by atoms with E-state index in [1.807, 2.05) is 47.2 Å². The van der Waals surface area contributed by atoms with Gasteiger partial charge in [0.2, 0.25) is 5.95 Å². The number of hydrogen-bond donors (Lipinski definition) is 3. The molecule has 0 atom stereocenters. The average Bonchev–Trinajstić information content (AvgIpc) is 3.02. The minimum atomic E-state index is 0.503. The Morgan fingerprint density at radius 3 is 2.65 bits per heavy atom. The summed E-state index contributed by atoms with van der Waals surface area (Å²) in [5, 5.41) is 7.17. The Hall–Kier alpha value is -2.44. The van der Waals surface area contributed by atoms with Gasteiger partial charge in [-0.3, -0.25) is 0 Å². The van der Waals surface area contributed by atoms with E-state index in [0.29, 0.717) is 11.8 Å². The van der Waals surface area contributed by atoms with E-state index in [1.54, 1.807) is 17.5 Å². The van der Waals surface area contributed by atoms with Crippen molar-refractivity contribution in [3.05, 3.63) is 53.4 Å². The highest BCUT2D eigenvalue weighted by Gasteiger charge is 2.09. The normalized spacial score (nSPS) is 10.2. The first-order valence-electron chi connectivity index (χ1n) is 6.05. The van der Waals surface area contributed by atoms with Crippen LogP contribution >= 0.6 is 11.3 Å². The molecular weight excluding hydrogens is 270 g/mol. The van der Waals surface area contributed by atoms with Crippen LogP contribution in [0, 0.1) is 0 Å². The molecule has 3 rings (SSSR count). The van der Waals surface area contributed by atoms with Crippen molar-refractivity contribution in [3.63, 3.8) is 0 Å². The minimum absolute atomic E-state index is 0.503. The number of benzene rings is 1. The highest BCUT2D eigenvalue weighted by molar-refractivity contribution is 7.08. The fourth-order valence-corrected chi connectivity index (χ4v) is 2.49. The second-order valence-electron chi connectivity index (χ2n) is 4.10. The molecule has 2 heterocycles. The summed E-state index contributed by atoms with van der Waals surface area (Å²) >= 11 is 1.62. The maximum atomic E-state index is 5.55. The average molecular weight is 283 g/mol. The molecule has 20 heavy (non-hydrogen) atoms. The van der Waals surface area contributed by atoms with Gasteiger partial charge in [0.15, 0.2) is 5.82 Å². The summed E-state index contributed by atoms with van der Waals surface area (Å²) in [6.07, 6.45) is 1.76. The van der Waals surface area contributed by atoms with Crippen LogP contribution in [0.4, 0.5) is 17.5 Å². The van der Waals surface area contributed by atoms with Crippen molar-refractivity contribution in [1.29, 1.82) is 0 Å². The van der Waals surface area contributed by atoms with E-state index >= 15 is 0 Å². The van der Waals surface area contributed by atoms with Gasteiger partial charge >= 0.3 is 0 Å². The van der Waals surface area contributed by atoms with Crippen LogP contribution in [0.25, 0.3) is 11.1 Å². The molecule has 5 nitrogen and oxygen atoms in total. The van der Waals surface area contributed by atoms with Crippen LogP contribution in [0.15, 0.2) is 53.4 Å². The van der Waals surface area contributed by atoms with Crippen molar-refractivity contribution in [2.45, 2.75) is 0 Å². The molecule has 0 unspecified atom stereocenters. The zero-order chi connectivity index (χ0) is 13.8. The summed E-state index contributed by atoms with van der Waals surface area (Å²) in [5.41, 5.74) is 5.48. The maximum absolute atomic E-state index is 5.55. The molecule has 0 spiro atoms. The van der Waals surface area contributed by atoms with E-state index in [9.17, 15) is 0 Å². The van der Waals surface area contributed by atoms with Crippen LogP contribution in [0.2, 0.25) is 0 Å². The molecule has 0 saturated carbocycles. The van der Waals surface area contributed by atoms with Crippen molar-refractivity contribution < 1.29 is 0 Å². The van der Waals surface area contributed by atoms with Gasteiger partial charge in [0.25, 0.3) is 0 Å². The Morgan fingerprint density at radius 2 is 1.95 bits per heavy atom. The van der Waals surface area contributed by atoms with Crippen LogP contribution in [0.3, 0.4) is 0 Å². The molecule has 0 saturated heterocycles. The summed E-state index contributed by atoms with van der Waals surface area (Å²) in [5.74, 6) is 6.65. The lowest BCUT2D eigenvalue weighted by Gasteiger charge is -2.09. The van der Waals surface area contributed by atoms with Gasteiger partial charge in [-0.25, -0.2) is 10.8 Å². The number of nitrogens with one attached hydrogen (secondary N) is 2. The summed E-state index contributed by atoms with van der Waals surface area (Å²) in [7, 11) is 0. The Morgan fingerprint density at radius 1 is 1.10 bits per heavy atom. The van der Waals surface area contributed by atoms with Gasteiger partial charge < -0.3 is 10.7 Å². The van der Waals surface area contributed by atoms with Gasteiger partial charge in [-0.2, -0.15) is 16.3 Å². The van der Waals surface area contributed by atoms with Gasteiger partial charge in [0.05, 0.1) is 0 Å². The highest BCUT2D eigenvalue weighted by atomic mass is 32.1. The number of hydrazine groups is 1. The number of nitrogens with zero attached hydrogens (tertiary/aromatic N) is 2. The Balaban J connectivity index is 1.91. The van der Waals surface area contributed by atoms with Crippen LogP contribution in [-0.4, -0.2) is 9.97 Å². The van der Waals surface area contributed by atoms with Crippen LogP contribution in [-0.2, 0) is 0 Å². The Labute approximate surface area is 120 Å². The first kappa shape index (κ1) is 12.6. The van der Waals surface area contributed by atoms with E-state index in [4.69, 9.17) is 5.84 Å². The van der Waals surface area contributed by atoms with Gasteiger partial charge in [-0.15, -0.1) is 0 Å². The molecule has 2 aromatic heterocycles. The number of thiophene rings is 1. The van der Waals surface area contributed by atoms with Crippen molar-refractivity contribution in [2.24, 2.45) is 5.84 Å². The van der Waals surface area contributed by atoms with Gasteiger partial charge in [0, 0.05) is 17.4 Å². The molecule has 4 N–H and O–H groups in total. The number of anilines is 3. The number of aromatic nitrogens is 2. The molecule has 0 bridgehead atoms. The second-order valence-corrected chi connectivity index (χ2v) is 4.88. The zero-order valence-electron chi connectivity index (χ0n) is 10.6. The van der Waals surface area contributed by atoms with Gasteiger partial charge in [-0.05, 0) is 34.5 Å². The molecule has 0 fully saturated rings. The number of para-hydroxylation sites is 1. The van der Waals surface area contributed by atoms with Crippen molar-refractivity contribution >= 4 is 28.8 Å². The predicted molar refractivity (Wildman–Crippen MR) is 82.9 cm³/mol. The Bertz CT molecular complexity index is 682. The molecule has 100 valence electrons. The van der Waals surface area contributed by atoms with Crippen LogP contribution < -0.4 is 16.6 Å².